The van der Waals surface area contributed by atoms with E-state index in [2.05, 4.69) is 4.74 Å². The summed E-state index contributed by atoms with van der Waals surface area (Å²) in [6.07, 6.45) is -4.65. The largest absolute Gasteiger partial charge is 0.432 e. The lowest BCUT2D eigenvalue weighted by Crippen LogP contribution is -2.25. The minimum atomic E-state index is -4.65. The fourth-order valence-electron chi connectivity index (χ4n) is 2.52. The van der Waals surface area contributed by atoms with Crippen LogP contribution in [0.15, 0.2) is 42.5 Å². The SMILES string of the molecule is Fc1cc(F)c(C(F)(F)Oc2ccc(-c3cc(F)c(F)c(F)c3)c(F)c2)c(F)c1. The molecule has 0 aliphatic heterocycles. The van der Waals surface area contributed by atoms with E-state index in [0.29, 0.717) is 18.2 Å². The molecule has 0 radical (unpaired) electrons. The second-order valence-corrected chi connectivity index (χ2v) is 5.76. The van der Waals surface area contributed by atoms with Crippen molar-refractivity contribution in [1.29, 1.82) is 0 Å². The maximum atomic E-state index is 14.2. The second kappa shape index (κ2) is 7.34. The van der Waals surface area contributed by atoms with E-state index in [0.717, 1.165) is 12.1 Å². The fourth-order valence-corrected chi connectivity index (χ4v) is 2.52. The molecule has 0 saturated carbocycles. The maximum absolute atomic E-state index is 14.2. The highest BCUT2D eigenvalue weighted by molar-refractivity contribution is 5.65. The van der Waals surface area contributed by atoms with Crippen LogP contribution in [0.25, 0.3) is 11.1 Å². The summed E-state index contributed by atoms with van der Waals surface area (Å²) in [5.74, 6) is -12.5. The van der Waals surface area contributed by atoms with Crippen molar-refractivity contribution in [3.05, 3.63) is 88.7 Å². The Balaban J connectivity index is 1.95. The highest BCUT2D eigenvalue weighted by Crippen LogP contribution is 2.37. The standard InChI is InChI=1S/C19H7F9O/c20-9-5-13(22)17(14(23)6-9)19(27,28)29-10-1-2-11(12(21)7-10)8-3-15(24)18(26)16(25)4-8/h1-7H. The summed E-state index contributed by atoms with van der Waals surface area (Å²) in [6.45, 7) is 0. The number of rotatable bonds is 4. The van der Waals surface area contributed by atoms with Crippen LogP contribution in [0, 0.1) is 40.7 Å². The van der Waals surface area contributed by atoms with Crippen LogP contribution in [0.1, 0.15) is 5.56 Å². The summed E-state index contributed by atoms with van der Waals surface area (Å²) in [6, 6.07) is 2.86. The Hall–Kier alpha value is -3.17. The van der Waals surface area contributed by atoms with E-state index >= 15 is 0 Å². The molecule has 0 fully saturated rings. The third-order valence-electron chi connectivity index (χ3n) is 3.78. The first-order chi connectivity index (χ1) is 13.5. The molecule has 1 nitrogen and oxygen atoms in total. The van der Waals surface area contributed by atoms with E-state index in [9.17, 15) is 39.5 Å². The van der Waals surface area contributed by atoms with Gasteiger partial charge in [0.05, 0.1) is 0 Å². The Bertz CT molecular complexity index is 1050. The predicted octanol–water partition coefficient (Wildman–Crippen LogP) is 6.46. The first-order valence-electron chi connectivity index (χ1n) is 7.66. The topological polar surface area (TPSA) is 9.23 Å². The van der Waals surface area contributed by atoms with Gasteiger partial charge in [0.15, 0.2) is 17.5 Å². The molecule has 3 aromatic carbocycles. The van der Waals surface area contributed by atoms with Gasteiger partial charge in [-0.15, -0.1) is 0 Å². The van der Waals surface area contributed by atoms with E-state index in [-0.39, 0.29) is 12.1 Å². The number of hydrogen-bond donors (Lipinski definition) is 0. The van der Waals surface area contributed by atoms with Crippen LogP contribution in [0.2, 0.25) is 0 Å². The van der Waals surface area contributed by atoms with Crippen molar-refractivity contribution >= 4 is 0 Å². The molecule has 152 valence electrons. The molecule has 0 amide bonds. The van der Waals surface area contributed by atoms with Gasteiger partial charge in [-0.05, 0) is 29.8 Å². The second-order valence-electron chi connectivity index (χ2n) is 5.76. The molecule has 3 aromatic rings. The summed E-state index contributed by atoms with van der Waals surface area (Å²) in [5.41, 5.74) is -2.82. The molecule has 0 aliphatic rings. The minimum Gasteiger partial charge on any atom is -0.429 e. The van der Waals surface area contributed by atoms with Gasteiger partial charge in [-0.25, -0.2) is 30.7 Å². The normalized spacial score (nSPS) is 11.6. The van der Waals surface area contributed by atoms with Crippen molar-refractivity contribution in [2.24, 2.45) is 0 Å². The van der Waals surface area contributed by atoms with E-state index in [1.807, 2.05) is 0 Å². The van der Waals surface area contributed by atoms with E-state index < -0.39 is 69.3 Å². The van der Waals surface area contributed by atoms with Gasteiger partial charge in [0, 0.05) is 23.8 Å². The predicted molar refractivity (Wildman–Crippen MR) is 82.5 cm³/mol. The first kappa shape index (κ1) is 20.6. The summed E-state index contributed by atoms with van der Waals surface area (Å²) < 4.78 is 126. The average Bonchev–Trinajstić information content (AvgIpc) is 2.57. The molecule has 29 heavy (non-hydrogen) atoms. The summed E-state index contributed by atoms with van der Waals surface area (Å²) in [4.78, 5) is 0. The van der Waals surface area contributed by atoms with Crippen LogP contribution >= 0.6 is 0 Å². The number of benzene rings is 3. The van der Waals surface area contributed by atoms with Gasteiger partial charge in [-0.1, -0.05) is 0 Å². The zero-order valence-electron chi connectivity index (χ0n) is 13.9. The van der Waals surface area contributed by atoms with Crippen LogP contribution in [-0.4, -0.2) is 0 Å². The van der Waals surface area contributed by atoms with Crippen LogP contribution in [-0.2, 0) is 6.11 Å². The molecule has 0 heterocycles. The molecule has 0 spiro atoms. The van der Waals surface area contributed by atoms with Crippen LogP contribution in [0.5, 0.6) is 5.75 Å². The van der Waals surface area contributed by atoms with Gasteiger partial charge >= 0.3 is 6.11 Å². The van der Waals surface area contributed by atoms with Crippen molar-refractivity contribution in [1.82, 2.24) is 0 Å². The van der Waals surface area contributed by atoms with Gasteiger partial charge in [-0.3, -0.25) is 0 Å². The summed E-state index contributed by atoms with van der Waals surface area (Å²) in [5, 5.41) is 0. The van der Waals surface area contributed by atoms with Gasteiger partial charge < -0.3 is 4.74 Å². The highest BCUT2D eigenvalue weighted by Gasteiger charge is 2.41. The van der Waals surface area contributed by atoms with Crippen molar-refractivity contribution in [3.63, 3.8) is 0 Å². The molecular weight excluding hydrogens is 415 g/mol. The van der Waals surface area contributed by atoms with Crippen molar-refractivity contribution in [2.45, 2.75) is 6.11 Å². The number of alkyl halides is 2. The first-order valence-corrected chi connectivity index (χ1v) is 7.66. The molecule has 0 atom stereocenters. The molecule has 0 N–H and O–H groups in total. The van der Waals surface area contributed by atoms with Crippen LogP contribution in [0.4, 0.5) is 39.5 Å². The van der Waals surface area contributed by atoms with Gasteiger partial charge in [-0.2, -0.15) is 8.78 Å². The Kier molecular flexibility index (Phi) is 5.20. The molecular formula is C19H7F9O. The fraction of sp³-hybridized carbons (Fsp3) is 0.0526. The number of hydrogen-bond acceptors (Lipinski definition) is 1. The summed E-state index contributed by atoms with van der Waals surface area (Å²) in [7, 11) is 0. The van der Waals surface area contributed by atoms with Crippen LogP contribution in [0.3, 0.4) is 0 Å². The Morgan fingerprint density at radius 3 is 1.69 bits per heavy atom. The third-order valence-corrected chi connectivity index (χ3v) is 3.78. The molecule has 0 saturated heterocycles. The van der Waals surface area contributed by atoms with Gasteiger partial charge in [0.2, 0.25) is 0 Å². The quantitative estimate of drug-likeness (QED) is 0.347. The molecule has 3 rings (SSSR count). The summed E-state index contributed by atoms with van der Waals surface area (Å²) >= 11 is 0. The third kappa shape index (κ3) is 4.01. The van der Waals surface area contributed by atoms with Crippen molar-refractivity contribution < 1.29 is 44.3 Å². The zero-order chi connectivity index (χ0) is 21.5. The average molecular weight is 422 g/mol. The van der Waals surface area contributed by atoms with Crippen LogP contribution < -0.4 is 4.74 Å². The highest BCUT2D eigenvalue weighted by atomic mass is 19.3. The van der Waals surface area contributed by atoms with E-state index in [1.165, 1.54) is 0 Å². The molecule has 10 heteroatoms. The Morgan fingerprint density at radius 1 is 0.621 bits per heavy atom. The Labute approximate surface area is 157 Å². The monoisotopic (exact) mass is 422 g/mol. The van der Waals surface area contributed by atoms with E-state index in [4.69, 9.17) is 0 Å². The van der Waals surface area contributed by atoms with E-state index in [1.54, 1.807) is 0 Å². The Morgan fingerprint density at radius 2 is 1.17 bits per heavy atom. The maximum Gasteiger partial charge on any atom is 0.432 e. The van der Waals surface area contributed by atoms with Gasteiger partial charge in [0.1, 0.15) is 34.6 Å². The molecule has 0 unspecified atom stereocenters. The van der Waals surface area contributed by atoms with Crippen molar-refractivity contribution in [2.75, 3.05) is 0 Å². The molecule has 0 aliphatic carbocycles. The van der Waals surface area contributed by atoms with Gasteiger partial charge in [0.25, 0.3) is 0 Å². The number of halogens is 9. The molecule has 0 aromatic heterocycles. The van der Waals surface area contributed by atoms with Crippen molar-refractivity contribution in [3.8, 4) is 16.9 Å². The zero-order valence-corrected chi connectivity index (χ0v) is 13.9. The number of ether oxygens (including phenoxy) is 1. The lowest BCUT2D eigenvalue weighted by Gasteiger charge is -2.19. The lowest BCUT2D eigenvalue weighted by atomic mass is 10.0. The smallest absolute Gasteiger partial charge is 0.429 e. The lowest BCUT2D eigenvalue weighted by molar-refractivity contribution is -0.189. The molecule has 0 bridgehead atoms. The minimum absolute atomic E-state index is 0.0109.